The summed E-state index contributed by atoms with van der Waals surface area (Å²) < 4.78 is 6.16. The van der Waals surface area contributed by atoms with Crippen molar-refractivity contribution in [3.8, 4) is 5.75 Å². The lowest BCUT2D eigenvalue weighted by Crippen LogP contribution is -2.51. The van der Waals surface area contributed by atoms with E-state index in [1.54, 1.807) is 16.2 Å². The van der Waals surface area contributed by atoms with Crippen LogP contribution in [0, 0.1) is 0 Å². The number of ether oxygens (including phenoxy) is 1. The van der Waals surface area contributed by atoms with Gasteiger partial charge >= 0.3 is 6.03 Å². The van der Waals surface area contributed by atoms with E-state index < -0.39 is 0 Å². The Morgan fingerprint density at radius 2 is 1.91 bits per heavy atom. The molecule has 0 fully saturated rings. The van der Waals surface area contributed by atoms with Crippen molar-refractivity contribution >= 4 is 23.3 Å². The highest BCUT2D eigenvalue weighted by Crippen LogP contribution is 2.34. The van der Waals surface area contributed by atoms with E-state index in [0.29, 0.717) is 25.6 Å². The lowest BCUT2D eigenvalue weighted by Gasteiger charge is -2.37. The van der Waals surface area contributed by atoms with Gasteiger partial charge in [-0.2, -0.15) is 0 Å². The van der Waals surface area contributed by atoms with Crippen LogP contribution in [0.25, 0.3) is 0 Å². The minimum Gasteiger partial charge on any atom is -0.491 e. The maximum atomic E-state index is 13.4. The number of nitrogens with one attached hydrogen (secondary N) is 1. The van der Waals surface area contributed by atoms with Gasteiger partial charge < -0.3 is 19.9 Å². The van der Waals surface area contributed by atoms with E-state index in [9.17, 15) is 9.59 Å². The van der Waals surface area contributed by atoms with Crippen LogP contribution >= 0.6 is 11.3 Å². The second-order valence-corrected chi connectivity index (χ2v) is 10.1. The molecule has 7 heteroatoms. The third kappa shape index (κ3) is 6.28. The fourth-order valence-corrected chi connectivity index (χ4v) is 4.99. The molecule has 0 bridgehead atoms. The highest BCUT2D eigenvalue weighted by Gasteiger charge is 2.34. The summed E-state index contributed by atoms with van der Waals surface area (Å²) in [5.41, 5.74) is 2.43. The van der Waals surface area contributed by atoms with Crippen LogP contribution in [0.15, 0.2) is 35.7 Å². The van der Waals surface area contributed by atoms with Crippen molar-refractivity contribution < 1.29 is 14.3 Å². The lowest BCUT2D eigenvalue weighted by atomic mass is 10.00. The first-order valence-electron chi connectivity index (χ1n) is 11.9. The largest absolute Gasteiger partial charge is 0.491 e. The van der Waals surface area contributed by atoms with Crippen molar-refractivity contribution in [2.45, 2.75) is 65.5 Å². The zero-order chi connectivity index (χ0) is 24.0. The summed E-state index contributed by atoms with van der Waals surface area (Å²) in [5.74, 6) is 1.23. The first kappa shape index (κ1) is 25.1. The zero-order valence-electron chi connectivity index (χ0n) is 20.5. The van der Waals surface area contributed by atoms with Crippen LogP contribution in [-0.4, -0.2) is 54.0 Å². The Morgan fingerprint density at radius 3 is 2.55 bits per heavy atom. The van der Waals surface area contributed by atoms with Gasteiger partial charge in [0.05, 0.1) is 6.04 Å². The molecule has 180 valence electrons. The van der Waals surface area contributed by atoms with Crippen molar-refractivity contribution in [2.75, 3.05) is 26.2 Å². The zero-order valence-corrected chi connectivity index (χ0v) is 21.3. The molecular weight excluding hydrogens is 434 g/mol. The maximum absolute atomic E-state index is 13.4. The molecule has 1 aliphatic rings. The van der Waals surface area contributed by atoms with Gasteiger partial charge in [0.25, 0.3) is 0 Å². The van der Waals surface area contributed by atoms with E-state index in [2.05, 4.69) is 42.7 Å². The van der Waals surface area contributed by atoms with Crippen LogP contribution in [-0.2, 0) is 11.2 Å². The smallest absolute Gasteiger partial charge is 0.318 e. The van der Waals surface area contributed by atoms with Crippen LogP contribution in [0.3, 0.4) is 0 Å². The summed E-state index contributed by atoms with van der Waals surface area (Å²) in [6.45, 7) is 11.9. The topological polar surface area (TPSA) is 61.9 Å². The molecule has 33 heavy (non-hydrogen) atoms. The van der Waals surface area contributed by atoms with Crippen LogP contribution < -0.4 is 10.1 Å². The second-order valence-electron chi connectivity index (χ2n) is 9.14. The number of amides is 3. The molecule has 1 aromatic heterocycles. The van der Waals surface area contributed by atoms with Crippen molar-refractivity contribution in [3.05, 3.63) is 51.7 Å². The number of urea groups is 1. The van der Waals surface area contributed by atoms with Gasteiger partial charge in [-0.1, -0.05) is 32.9 Å². The minimum atomic E-state index is -0.188. The number of carbonyl (C=O) groups excluding carboxylic acids is 2. The van der Waals surface area contributed by atoms with E-state index in [0.717, 1.165) is 24.2 Å². The van der Waals surface area contributed by atoms with Crippen molar-refractivity contribution in [1.82, 2.24) is 15.1 Å². The molecule has 0 aliphatic carbocycles. The second kappa shape index (κ2) is 11.5. The van der Waals surface area contributed by atoms with E-state index in [1.165, 1.54) is 10.4 Å². The molecule has 1 aliphatic heterocycles. The van der Waals surface area contributed by atoms with Gasteiger partial charge in [0.15, 0.2) is 0 Å². The number of benzene rings is 1. The number of hydrogen-bond acceptors (Lipinski definition) is 4. The molecule has 3 amide bonds. The summed E-state index contributed by atoms with van der Waals surface area (Å²) in [5, 5.41) is 4.98. The molecule has 0 unspecified atom stereocenters. The molecule has 1 atom stereocenters. The molecule has 0 spiro atoms. The summed E-state index contributed by atoms with van der Waals surface area (Å²) in [6, 6.07) is 9.86. The van der Waals surface area contributed by atoms with Gasteiger partial charge in [-0.25, -0.2) is 4.79 Å². The van der Waals surface area contributed by atoms with E-state index in [1.807, 2.05) is 37.8 Å². The summed E-state index contributed by atoms with van der Waals surface area (Å²) in [4.78, 5) is 30.8. The van der Waals surface area contributed by atoms with Crippen molar-refractivity contribution in [1.29, 1.82) is 0 Å². The summed E-state index contributed by atoms with van der Waals surface area (Å²) in [6.07, 6.45) is 1.69. The number of rotatable bonds is 9. The number of fused-ring (bicyclic) bond motifs is 1. The van der Waals surface area contributed by atoms with Gasteiger partial charge in [0.2, 0.25) is 5.91 Å². The van der Waals surface area contributed by atoms with Gasteiger partial charge in [-0.3, -0.25) is 4.79 Å². The fraction of sp³-hybridized carbons (Fsp3) is 0.538. The number of thiophene rings is 1. The average Bonchev–Trinajstić information content (AvgIpc) is 3.28. The van der Waals surface area contributed by atoms with Crippen LogP contribution in [0.2, 0.25) is 0 Å². The SMILES string of the molecule is CCCNC(=O)N(CC(=O)N1CCc2sccc2[C@H]1COc1ccc(C(C)C)cc1)C(C)C. The fourth-order valence-electron chi connectivity index (χ4n) is 4.06. The average molecular weight is 472 g/mol. The minimum absolute atomic E-state index is 0.0454. The molecule has 0 radical (unpaired) electrons. The normalized spacial score (nSPS) is 15.5. The Hall–Kier alpha value is -2.54. The van der Waals surface area contributed by atoms with Gasteiger partial charge in [0.1, 0.15) is 18.9 Å². The van der Waals surface area contributed by atoms with Gasteiger partial charge in [0, 0.05) is 24.0 Å². The first-order chi connectivity index (χ1) is 15.8. The number of nitrogens with zero attached hydrogens (tertiary/aromatic N) is 2. The number of hydrogen-bond donors (Lipinski definition) is 1. The van der Waals surface area contributed by atoms with Crippen molar-refractivity contribution in [2.24, 2.45) is 0 Å². The molecule has 6 nitrogen and oxygen atoms in total. The van der Waals surface area contributed by atoms with Crippen LogP contribution in [0.1, 0.15) is 69.0 Å². The molecule has 2 aromatic rings. The molecule has 2 heterocycles. The standard InChI is InChI=1S/C26H37N3O3S/c1-6-13-27-26(31)29(19(4)5)16-25(30)28-14-11-24-22(12-15-33-24)23(28)17-32-21-9-7-20(8-10-21)18(2)3/h7-10,12,15,18-19,23H,6,11,13-14,16-17H2,1-5H3,(H,27,31)/t23-/m1/s1. The van der Waals surface area contributed by atoms with Gasteiger partial charge in [-0.05, 0) is 67.3 Å². The molecule has 0 saturated carbocycles. The predicted octanol–water partition coefficient (Wildman–Crippen LogP) is 5.21. The molecule has 3 rings (SSSR count). The van der Waals surface area contributed by atoms with E-state index in [-0.39, 0.29) is 30.6 Å². The van der Waals surface area contributed by atoms with E-state index >= 15 is 0 Å². The van der Waals surface area contributed by atoms with Crippen LogP contribution in [0.5, 0.6) is 5.75 Å². The summed E-state index contributed by atoms with van der Waals surface area (Å²) >= 11 is 1.73. The highest BCUT2D eigenvalue weighted by atomic mass is 32.1. The molecule has 1 N–H and O–H groups in total. The first-order valence-corrected chi connectivity index (χ1v) is 12.8. The lowest BCUT2D eigenvalue weighted by molar-refractivity contribution is -0.135. The Kier molecular flexibility index (Phi) is 8.78. The number of carbonyl (C=O) groups is 2. The Balaban J connectivity index is 1.73. The molecule has 1 aromatic carbocycles. The third-order valence-electron chi connectivity index (χ3n) is 6.09. The predicted molar refractivity (Wildman–Crippen MR) is 134 cm³/mol. The van der Waals surface area contributed by atoms with Gasteiger partial charge in [-0.15, -0.1) is 11.3 Å². The maximum Gasteiger partial charge on any atom is 0.318 e. The quantitative estimate of drug-likeness (QED) is 0.546. The molecule has 0 saturated heterocycles. The molecular formula is C26H37N3O3S. The Morgan fingerprint density at radius 1 is 1.18 bits per heavy atom. The Bertz CT molecular complexity index is 923. The van der Waals surface area contributed by atoms with E-state index in [4.69, 9.17) is 4.74 Å². The van der Waals surface area contributed by atoms with Crippen LogP contribution in [0.4, 0.5) is 4.79 Å². The van der Waals surface area contributed by atoms with Crippen molar-refractivity contribution in [3.63, 3.8) is 0 Å². The highest BCUT2D eigenvalue weighted by molar-refractivity contribution is 7.10. The summed E-state index contributed by atoms with van der Waals surface area (Å²) in [7, 11) is 0. The third-order valence-corrected chi connectivity index (χ3v) is 7.08. The Labute approximate surface area is 201 Å². The monoisotopic (exact) mass is 471 g/mol.